The normalized spacial score (nSPS) is 20.6. The van der Waals surface area contributed by atoms with Crippen molar-refractivity contribution in [1.29, 1.82) is 10.8 Å². The molecule has 1 aromatic rings. The van der Waals surface area contributed by atoms with Gasteiger partial charge in [0.1, 0.15) is 0 Å². The highest BCUT2D eigenvalue weighted by molar-refractivity contribution is 8.00. The van der Waals surface area contributed by atoms with Crippen molar-refractivity contribution in [3.05, 3.63) is 35.4 Å². The number of carbonyl (C=O) groups is 4. The van der Waals surface area contributed by atoms with E-state index in [0.29, 0.717) is 111 Å². The molecular weight excluding hydrogens is 967 g/mol. The van der Waals surface area contributed by atoms with E-state index >= 15 is 0 Å². The lowest BCUT2D eigenvalue weighted by molar-refractivity contribution is -0.122. The van der Waals surface area contributed by atoms with Gasteiger partial charge in [0, 0.05) is 73.0 Å². The largest absolute Gasteiger partial charge is 0.379 e. The van der Waals surface area contributed by atoms with Crippen LogP contribution in [0.15, 0.2) is 24.3 Å². The van der Waals surface area contributed by atoms with Crippen molar-refractivity contribution in [2.45, 2.75) is 157 Å². The first-order valence-corrected chi connectivity index (χ1v) is 29.3. The summed E-state index contributed by atoms with van der Waals surface area (Å²) in [6.07, 6.45) is 22.2. The number of thioether (sulfide) groups is 2. The van der Waals surface area contributed by atoms with Crippen LogP contribution in [0.5, 0.6) is 0 Å². The minimum absolute atomic E-state index is 0.140. The van der Waals surface area contributed by atoms with E-state index in [1.807, 2.05) is 47.8 Å². The predicted octanol–water partition coefficient (Wildman–Crippen LogP) is 4.23. The Hall–Kier alpha value is -4.26. The van der Waals surface area contributed by atoms with E-state index in [1.165, 1.54) is 5.56 Å². The molecule has 6 atom stereocenters. The molecule has 4 saturated heterocycles. The Bertz CT molecular complexity index is 1860. The number of hydrogen-bond acceptors (Lipinski definition) is 12. The zero-order valence-electron chi connectivity index (χ0n) is 43.3. The van der Waals surface area contributed by atoms with Gasteiger partial charge in [0.2, 0.25) is 17.7 Å². The molecule has 20 heteroatoms. The average Bonchev–Trinajstić information content (AvgIpc) is 4.16. The topological polar surface area (TPSA) is 243 Å². The molecule has 4 aliphatic heterocycles. The molecule has 4 amide bonds. The highest BCUT2D eigenvalue weighted by Crippen LogP contribution is 2.34. The summed E-state index contributed by atoms with van der Waals surface area (Å²) in [6, 6.07) is 9.29. The molecule has 4 aliphatic rings. The summed E-state index contributed by atoms with van der Waals surface area (Å²) in [5.74, 6) is 5.34. The van der Waals surface area contributed by atoms with Crippen LogP contribution in [0.25, 0.3) is 0 Å². The number of fused-ring (bicyclic) bond motifs is 2. The molecule has 6 unspecified atom stereocenters. The summed E-state index contributed by atoms with van der Waals surface area (Å²) in [5.41, 5.74) is 1.78. The van der Waals surface area contributed by atoms with Crippen LogP contribution in [0.1, 0.15) is 131 Å². The monoisotopic (exact) mass is 1050 g/mol. The first kappa shape index (κ1) is 59.6. The maximum absolute atomic E-state index is 12.9. The van der Waals surface area contributed by atoms with Gasteiger partial charge >= 0.3 is 0 Å². The molecule has 0 aliphatic carbocycles. The van der Waals surface area contributed by atoms with Crippen molar-refractivity contribution < 1.29 is 33.4 Å². The van der Waals surface area contributed by atoms with Crippen LogP contribution in [0.3, 0.4) is 0 Å². The van der Waals surface area contributed by atoms with E-state index in [-0.39, 0.29) is 36.6 Å². The van der Waals surface area contributed by atoms with Gasteiger partial charge < -0.3 is 56.7 Å². The number of benzene rings is 1. The van der Waals surface area contributed by atoms with Crippen LogP contribution in [0.2, 0.25) is 0 Å². The van der Waals surface area contributed by atoms with Crippen molar-refractivity contribution in [2.24, 2.45) is 0 Å². The Kier molecular flexibility index (Phi) is 29.3. The molecule has 1 aromatic carbocycles. The van der Waals surface area contributed by atoms with E-state index in [0.717, 1.165) is 141 Å². The Balaban J connectivity index is 0.905. The van der Waals surface area contributed by atoms with Gasteiger partial charge in [-0.15, -0.1) is 6.42 Å². The first-order chi connectivity index (χ1) is 35.7. The average molecular weight is 1050 g/mol. The second-order valence-corrected chi connectivity index (χ2v) is 22.1. The van der Waals surface area contributed by atoms with E-state index < -0.39 is 0 Å². The van der Waals surface area contributed by atoms with Gasteiger partial charge in [-0.2, -0.15) is 23.5 Å². The zero-order chi connectivity index (χ0) is 51.7. The third-order valence-electron chi connectivity index (χ3n) is 13.7. The van der Waals surface area contributed by atoms with Crippen LogP contribution in [0.4, 0.5) is 0 Å². The lowest BCUT2D eigenvalue weighted by Crippen LogP contribution is -2.36. The maximum Gasteiger partial charge on any atom is 0.251 e. The summed E-state index contributed by atoms with van der Waals surface area (Å²) in [6.45, 7) is 7.10. The van der Waals surface area contributed by atoms with Gasteiger partial charge in [-0.1, -0.05) is 63.0 Å². The molecule has 0 radical (unpaired) electrons. The third-order valence-corrected chi connectivity index (χ3v) is 16.7. The second kappa shape index (κ2) is 35.9. The molecule has 18 nitrogen and oxygen atoms in total. The van der Waals surface area contributed by atoms with Crippen molar-refractivity contribution in [1.82, 2.24) is 47.4 Å². The highest BCUT2D eigenvalue weighted by Gasteiger charge is 2.42. The standard InChI is InChI=1S/C53H87N11O7S2/c1-2-25-56-48(67)24-31-69-33-35-71-36-34-70-32-28-59-51(68)41-22-20-40(21-23-41)37-64(30-15-7-5-13-27-58-47(66)19-11-9-17-45-50-43(39-73-45)61-53(55)63-50)29-14-6-3-4-12-26-57-46(65)18-10-8-16-44-49-42(38-72-44)60-52(54)62-49/h1,20-23,42-45,49-50H,3-19,24-39H2,(H,56,67)(H,57,65)(H,58,66)(H,59,68)(H3,54,60,62)(H3,55,61,63). The maximum atomic E-state index is 12.9. The Morgan fingerprint density at radius 2 is 1.07 bits per heavy atom. The lowest BCUT2D eigenvalue weighted by Gasteiger charge is -2.23. The first-order valence-electron chi connectivity index (χ1n) is 27.2. The van der Waals surface area contributed by atoms with E-state index in [9.17, 15) is 19.2 Å². The molecule has 408 valence electrons. The number of carbonyl (C=O) groups excluding carboxylic acids is 4. The highest BCUT2D eigenvalue weighted by atomic mass is 32.2. The zero-order valence-corrected chi connectivity index (χ0v) is 44.9. The molecule has 0 bridgehead atoms. The molecular formula is C53H87N11O7S2. The van der Waals surface area contributed by atoms with E-state index in [1.54, 1.807) is 0 Å². The number of rotatable bonds is 41. The minimum atomic E-state index is -0.142. The number of nitrogens with zero attached hydrogens (tertiary/aromatic N) is 1. The quantitative estimate of drug-likeness (QED) is 0.0326. The molecule has 73 heavy (non-hydrogen) atoms. The molecule has 10 N–H and O–H groups in total. The summed E-state index contributed by atoms with van der Waals surface area (Å²) >= 11 is 3.95. The van der Waals surface area contributed by atoms with E-state index in [2.05, 4.69) is 53.4 Å². The molecule has 4 heterocycles. The lowest BCUT2D eigenvalue weighted by atomic mass is 10.0. The van der Waals surface area contributed by atoms with Crippen LogP contribution in [0, 0.1) is 23.2 Å². The van der Waals surface area contributed by atoms with Crippen molar-refractivity contribution in [3.8, 4) is 12.3 Å². The fraction of sp³-hybridized carbons (Fsp3) is 0.736. The van der Waals surface area contributed by atoms with Gasteiger partial charge in [-0.05, 0) is 82.2 Å². The van der Waals surface area contributed by atoms with Crippen molar-refractivity contribution >= 4 is 59.1 Å². The Morgan fingerprint density at radius 1 is 0.575 bits per heavy atom. The number of hydrogen-bond donors (Lipinski definition) is 10. The minimum Gasteiger partial charge on any atom is -0.379 e. The van der Waals surface area contributed by atoms with Gasteiger partial charge in [0.15, 0.2) is 11.9 Å². The summed E-state index contributed by atoms with van der Waals surface area (Å²) in [5, 5.41) is 41.4. The van der Waals surface area contributed by atoms with Crippen LogP contribution in [-0.4, -0.2) is 166 Å². The fourth-order valence-electron chi connectivity index (χ4n) is 9.62. The number of amides is 4. The van der Waals surface area contributed by atoms with Crippen LogP contribution in [-0.2, 0) is 35.1 Å². The van der Waals surface area contributed by atoms with Gasteiger partial charge in [-0.25, -0.2) is 0 Å². The predicted molar refractivity (Wildman–Crippen MR) is 293 cm³/mol. The van der Waals surface area contributed by atoms with Crippen molar-refractivity contribution in [3.63, 3.8) is 0 Å². The molecule has 0 spiro atoms. The van der Waals surface area contributed by atoms with Crippen LogP contribution >= 0.6 is 23.5 Å². The summed E-state index contributed by atoms with van der Waals surface area (Å²) < 4.78 is 16.5. The smallest absolute Gasteiger partial charge is 0.251 e. The van der Waals surface area contributed by atoms with Gasteiger partial charge in [-0.3, -0.25) is 34.9 Å². The molecule has 4 fully saturated rings. The van der Waals surface area contributed by atoms with E-state index in [4.69, 9.17) is 31.5 Å². The Labute approximate surface area is 443 Å². The third kappa shape index (κ3) is 24.3. The number of ether oxygens (including phenoxy) is 3. The number of guanidine groups is 2. The number of terminal acetylenes is 1. The van der Waals surface area contributed by atoms with Gasteiger partial charge in [0.05, 0.1) is 70.4 Å². The van der Waals surface area contributed by atoms with Crippen LogP contribution < -0.4 is 42.5 Å². The Morgan fingerprint density at radius 3 is 1.62 bits per heavy atom. The number of nitrogens with one attached hydrogen (secondary N) is 10. The van der Waals surface area contributed by atoms with Crippen molar-refractivity contribution in [2.75, 3.05) is 90.4 Å². The molecule has 0 aromatic heterocycles. The van der Waals surface area contributed by atoms with Gasteiger partial charge in [0.25, 0.3) is 5.91 Å². The molecule has 0 saturated carbocycles. The fourth-order valence-corrected chi connectivity index (χ4v) is 12.7. The molecule has 5 rings (SSSR count). The second-order valence-electron chi connectivity index (χ2n) is 19.5. The number of unbranched alkanes of at least 4 members (excludes halogenated alkanes) is 9. The summed E-state index contributed by atoms with van der Waals surface area (Å²) in [7, 11) is 0. The summed E-state index contributed by atoms with van der Waals surface area (Å²) in [4.78, 5) is 51.9. The SMILES string of the molecule is C#CCNC(=O)CCOCCOCCOCCNC(=O)c1ccc(CN(CCCCCCCNC(=O)CCCCC2SCC3NC(=N)NC32)CCCCCCNC(=O)CCCCC2SCC3NC(=N)NC32)cc1.